The number of nitrogens with zero attached hydrogens (tertiary/aromatic N) is 2. The highest BCUT2D eigenvalue weighted by atomic mass is 16.6. The third-order valence-corrected chi connectivity index (χ3v) is 3.50. The van der Waals surface area contributed by atoms with E-state index in [9.17, 15) is 14.9 Å². The Morgan fingerprint density at radius 3 is 2.42 bits per heavy atom. The van der Waals surface area contributed by atoms with Crippen molar-refractivity contribution in [2.24, 2.45) is 0 Å². The van der Waals surface area contributed by atoms with Crippen molar-refractivity contribution in [2.45, 2.75) is 13.0 Å². The first kappa shape index (κ1) is 18.7. The first-order valence-electron chi connectivity index (χ1n) is 7.92. The number of nitriles is 1. The van der Waals surface area contributed by atoms with Crippen LogP contribution in [0.2, 0.25) is 0 Å². The largest absolute Gasteiger partial charge is 0.481 e. The summed E-state index contributed by atoms with van der Waals surface area (Å²) in [7, 11) is 0. The van der Waals surface area contributed by atoms with Gasteiger partial charge in [0.2, 0.25) is 0 Å². The number of carbonyl (C=O) groups is 1. The van der Waals surface area contributed by atoms with E-state index in [0.717, 1.165) is 5.69 Å². The van der Waals surface area contributed by atoms with Gasteiger partial charge in [-0.2, -0.15) is 5.26 Å². The first-order chi connectivity index (χ1) is 12.5. The number of benzene rings is 2. The fourth-order valence-electron chi connectivity index (χ4n) is 2.10. The van der Waals surface area contributed by atoms with Crippen molar-refractivity contribution in [3.63, 3.8) is 0 Å². The number of nitro benzene ring substituents is 1. The number of nitro groups is 1. The molecule has 1 amide bonds. The van der Waals surface area contributed by atoms with Crippen LogP contribution in [0.5, 0.6) is 5.75 Å². The molecule has 0 fully saturated rings. The number of ether oxygens (including phenoxy) is 1. The molecule has 0 aliphatic heterocycles. The molecule has 2 N–H and O–H groups in total. The summed E-state index contributed by atoms with van der Waals surface area (Å²) in [4.78, 5) is 22.1. The van der Waals surface area contributed by atoms with Gasteiger partial charge in [-0.1, -0.05) is 0 Å². The van der Waals surface area contributed by atoms with Crippen molar-refractivity contribution >= 4 is 17.3 Å². The molecule has 1 unspecified atom stereocenters. The predicted molar refractivity (Wildman–Crippen MR) is 95.8 cm³/mol. The van der Waals surface area contributed by atoms with E-state index in [1.807, 2.05) is 6.07 Å². The van der Waals surface area contributed by atoms with Gasteiger partial charge in [-0.05, 0) is 43.3 Å². The minimum absolute atomic E-state index is 0.0256. The van der Waals surface area contributed by atoms with Gasteiger partial charge >= 0.3 is 0 Å². The van der Waals surface area contributed by atoms with E-state index in [1.54, 1.807) is 43.3 Å². The van der Waals surface area contributed by atoms with Crippen LogP contribution in [0.15, 0.2) is 48.5 Å². The van der Waals surface area contributed by atoms with Crippen LogP contribution in [-0.2, 0) is 4.79 Å². The van der Waals surface area contributed by atoms with E-state index in [4.69, 9.17) is 10.00 Å². The Labute approximate surface area is 150 Å². The van der Waals surface area contributed by atoms with Crippen LogP contribution in [0, 0.1) is 21.4 Å². The number of non-ortho nitro benzene ring substituents is 1. The van der Waals surface area contributed by atoms with Gasteiger partial charge in [-0.15, -0.1) is 0 Å². The molecule has 8 heteroatoms. The number of hydrogen-bond donors (Lipinski definition) is 2. The molecule has 0 aromatic heterocycles. The number of anilines is 1. The van der Waals surface area contributed by atoms with Crippen LogP contribution in [0.4, 0.5) is 11.4 Å². The third kappa shape index (κ3) is 5.49. The minimum atomic E-state index is -0.678. The fourth-order valence-corrected chi connectivity index (χ4v) is 2.10. The Morgan fingerprint density at radius 1 is 1.19 bits per heavy atom. The number of rotatable bonds is 8. The highest BCUT2D eigenvalue weighted by molar-refractivity contribution is 5.80. The maximum atomic E-state index is 12.0. The van der Waals surface area contributed by atoms with Gasteiger partial charge < -0.3 is 15.4 Å². The van der Waals surface area contributed by atoms with Gasteiger partial charge in [0.15, 0.2) is 6.10 Å². The molecule has 8 nitrogen and oxygen atoms in total. The smallest absolute Gasteiger partial charge is 0.269 e. The monoisotopic (exact) mass is 354 g/mol. The van der Waals surface area contributed by atoms with Crippen LogP contribution in [-0.4, -0.2) is 30.0 Å². The lowest BCUT2D eigenvalue weighted by Gasteiger charge is -2.15. The zero-order valence-electron chi connectivity index (χ0n) is 14.1. The molecule has 0 heterocycles. The second-order valence-electron chi connectivity index (χ2n) is 5.42. The van der Waals surface area contributed by atoms with Crippen molar-refractivity contribution in [2.75, 3.05) is 18.4 Å². The Kier molecular flexibility index (Phi) is 6.51. The summed E-state index contributed by atoms with van der Waals surface area (Å²) < 4.78 is 5.52. The molecule has 2 rings (SSSR count). The average molecular weight is 354 g/mol. The Balaban J connectivity index is 1.72. The quantitative estimate of drug-likeness (QED) is 0.427. The molecule has 0 spiro atoms. The average Bonchev–Trinajstić information content (AvgIpc) is 2.66. The Hall–Kier alpha value is -3.60. The first-order valence-corrected chi connectivity index (χ1v) is 7.92. The lowest BCUT2D eigenvalue weighted by molar-refractivity contribution is -0.384. The molecule has 2 aromatic carbocycles. The standard InChI is InChI=1S/C18H18N4O4/c1-13(26-17-8-2-14(12-19)3-9-17)18(23)21-11-10-20-15-4-6-16(7-5-15)22(24)25/h2-9,13,20H,10-11H2,1H3,(H,21,23). The molecular weight excluding hydrogens is 336 g/mol. The highest BCUT2D eigenvalue weighted by Crippen LogP contribution is 2.15. The number of amides is 1. The van der Waals surface area contributed by atoms with Gasteiger partial charge in [-0.3, -0.25) is 14.9 Å². The van der Waals surface area contributed by atoms with Gasteiger partial charge in [-0.25, -0.2) is 0 Å². The van der Waals surface area contributed by atoms with Crippen LogP contribution in [0.1, 0.15) is 12.5 Å². The Bertz CT molecular complexity index is 797. The third-order valence-electron chi connectivity index (χ3n) is 3.50. The van der Waals surface area contributed by atoms with Crippen molar-refractivity contribution in [1.82, 2.24) is 5.32 Å². The van der Waals surface area contributed by atoms with Crippen LogP contribution in [0.3, 0.4) is 0 Å². The van der Waals surface area contributed by atoms with Crippen molar-refractivity contribution in [1.29, 1.82) is 5.26 Å². The molecule has 1 atom stereocenters. The summed E-state index contributed by atoms with van der Waals surface area (Å²) in [6.45, 7) is 2.47. The molecule has 0 radical (unpaired) electrons. The topological polar surface area (TPSA) is 117 Å². The summed E-state index contributed by atoms with van der Waals surface area (Å²) in [5, 5.41) is 25.1. The zero-order valence-corrected chi connectivity index (χ0v) is 14.1. The van der Waals surface area contributed by atoms with Crippen LogP contribution < -0.4 is 15.4 Å². The van der Waals surface area contributed by atoms with Gasteiger partial charge in [0, 0.05) is 30.9 Å². The maximum absolute atomic E-state index is 12.0. The summed E-state index contributed by atoms with van der Waals surface area (Å²) in [5.41, 5.74) is 1.27. The molecule has 134 valence electrons. The lowest BCUT2D eigenvalue weighted by atomic mass is 10.2. The SMILES string of the molecule is CC(Oc1ccc(C#N)cc1)C(=O)NCCNc1ccc([N+](=O)[O-])cc1. The van der Waals surface area contributed by atoms with Crippen molar-refractivity contribution < 1.29 is 14.5 Å². The van der Waals surface area contributed by atoms with Crippen molar-refractivity contribution in [3.05, 3.63) is 64.2 Å². The van der Waals surface area contributed by atoms with E-state index >= 15 is 0 Å². The molecule has 0 bridgehead atoms. The molecule has 0 aliphatic rings. The summed E-state index contributed by atoms with van der Waals surface area (Å²) in [6.07, 6.45) is -0.678. The van der Waals surface area contributed by atoms with E-state index in [2.05, 4.69) is 10.6 Å². The van der Waals surface area contributed by atoms with E-state index in [1.165, 1.54) is 12.1 Å². The van der Waals surface area contributed by atoms with Crippen LogP contribution in [0.25, 0.3) is 0 Å². The second-order valence-corrected chi connectivity index (χ2v) is 5.42. The zero-order chi connectivity index (χ0) is 18.9. The maximum Gasteiger partial charge on any atom is 0.269 e. The van der Waals surface area contributed by atoms with E-state index in [-0.39, 0.29) is 11.6 Å². The second kappa shape index (κ2) is 9.03. The lowest BCUT2D eigenvalue weighted by Crippen LogP contribution is -2.38. The van der Waals surface area contributed by atoms with E-state index in [0.29, 0.717) is 24.4 Å². The number of hydrogen-bond acceptors (Lipinski definition) is 6. The normalized spacial score (nSPS) is 11.1. The highest BCUT2D eigenvalue weighted by Gasteiger charge is 2.14. The molecule has 0 saturated heterocycles. The minimum Gasteiger partial charge on any atom is -0.481 e. The molecule has 0 saturated carbocycles. The van der Waals surface area contributed by atoms with E-state index < -0.39 is 11.0 Å². The Morgan fingerprint density at radius 2 is 1.85 bits per heavy atom. The number of nitrogens with one attached hydrogen (secondary N) is 2. The molecular formula is C18H18N4O4. The van der Waals surface area contributed by atoms with Crippen molar-refractivity contribution in [3.8, 4) is 11.8 Å². The van der Waals surface area contributed by atoms with Gasteiger partial charge in [0.05, 0.1) is 16.6 Å². The van der Waals surface area contributed by atoms with Gasteiger partial charge in [0.25, 0.3) is 11.6 Å². The summed E-state index contributed by atoms with van der Waals surface area (Å²) in [6, 6.07) is 14.6. The van der Waals surface area contributed by atoms with Crippen LogP contribution >= 0.6 is 0 Å². The molecule has 0 aliphatic carbocycles. The molecule has 2 aromatic rings. The summed E-state index contributed by atoms with van der Waals surface area (Å²) in [5.74, 6) is 0.246. The van der Waals surface area contributed by atoms with Gasteiger partial charge in [0.1, 0.15) is 5.75 Å². The number of carbonyl (C=O) groups excluding carboxylic acids is 1. The molecule has 26 heavy (non-hydrogen) atoms. The predicted octanol–water partition coefficient (Wildman–Crippen LogP) is 2.46. The summed E-state index contributed by atoms with van der Waals surface area (Å²) >= 11 is 0. The fraction of sp³-hybridized carbons (Fsp3) is 0.222.